The Balaban J connectivity index is 0.00000208. The highest BCUT2D eigenvalue weighted by Crippen LogP contribution is 2.47. The molecular formula is C19H22ClFN2O. The van der Waals surface area contributed by atoms with E-state index >= 15 is 0 Å². The number of aryl methyl sites for hydroxylation is 1. The lowest BCUT2D eigenvalue weighted by molar-refractivity contribution is -0.122. The van der Waals surface area contributed by atoms with Crippen molar-refractivity contribution in [1.29, 1.82) is 0 Å². The van der Waals surface area contributed by atoms with Crippen LogP contribution in [0.2, 0.25) is 0 Å². The molecule has 3 N–H and O–H groups in total. The van der Waals surface area contributed by atoms with E-state index in [0.717, 1.165) is 29.5 Å². The molecule has 1 saturated carbocycles. The van der Waals surface area contributed by atoms with Crippen LogP contribution in [0, 0.1) is 12.7 Å². The van der Waals surface area contributed by atoms with Gasteiger partial charge in [0.25, 0.3) is 0 Å². The first-order valence-corrected chi connectivity index (χ1v) is 7.86. The number of hydrogen-bond acceptors (Lipinski definition) is 2. The lowest BCUT2D eigenvalue weighted by Gasteiger charge is -2.19. The van der Waals surface area contributed by atoms with Gasteiger partial charge in [0.2, 0.25) is 5.91 Å². The Kier molecular flexibility index (Phi) is 5.62. The quantitative estimate of drug-likeness (QED) is 0.870. The van der Waals surface area contributed by atoms with Crippen molar-refractivity contribution in [2.75, 3.05) is 6.54 Å². The zero-order valence-corrected chi connectivity index (χ0v) is 14.4. The Morgan fingerprint density at radius 1 is 1.17 bits per heavy atom. The minimum absolute atomic E-state index is 0. The number of carbonyl (C=O) groups excluding carboxylic acids is 1. The van der Waals surface area contributed by atoms with Crippen LogP contribution in [0.25, 0.3) is 0 Å². The predicted octanol–water partition coefficient (Wildman–Crippen LogP) is 3.40. The number of halogens is 2. The van der Waals surface area contributed by atoms with Crippen molar-refractivity contribution in [3.63, 3.8) is 0 Å². The lowest BCUT2D eigenvalue weighted by atomic mass is 9.95. The van der Waals surface area contributed by atoms with Gasteiger partial charge in [-0.15, -0.1) is 12.4 Å². The number of carbonyl (C=O) groups is 1. The molecular weight excluding hydrogens is 327 g/mol. The second kappa shape index (κ2) is 7.32. The van der Waals surface area contributed by atoms with Crippen molar-refractivity contribution < 1.29 is 9.18 Å². The van der Waals surface area contributed by atoms with Gasteiger partial charge in [0.15, 0.2) is 0 Å². The van der Waals surface area contributed by atoms with Crippen LogP contribution < -0.4 is 11.1 Å². The van der Waals surface area contributed by atoms with Crippen LogP contribution in [0.3, 0.4) is 0 Å². The van der Waals surface area contributed by atoms with E-state index in [2.05, 4.69) is 5.32 Å². The Labute approximate surface area is 147 Å². The van der Waals surface area contributed by atoms with Crippen molar-refractivity contribution >= 4 is 18.3 Å². The van der Waals surface area contributed by atoms with Crippen LogP contribution >= 0.6 is 12.4 Å². The number of hydrogen-bond donors (Lipinski definition) is 2. The van der Waals surface area contributed by atoms with Gasteiger partial charge in [0, 0.05) is 12.0 Å². The Morgan fingerprint density at radius 2 is 1.75 bits per heavy atom. The summed E-state index contributed by atoms with van der Waals surface area (Å²) in [4.78, 5) is 12.3. The maximum atomic E-state index is 13.0. The summed E-state index contributed by atoms with van der Waals surface area (Å²) >= 11 is 0. The molecule has 0 aromatic heterocycles. The van der Waals surface area contributed by atoms with Crippen molar-refractivity contribution in [2.45, 2.75) is 31.2 Å². The molecule has 1 aliphatic carbocycles. The van der Waals surface area contributed by atoms with Gasteiger partial charge in [0.05, 0.1) is 0 Å². The summed E-state index contributed by atoms with van der Waals surface area (Å²) in [5.41, 5.74) is 8.99. The standard InChI is InChI=1S/C19H21FN2O.ClH/c1-13-2-4-14(5-3-13)17(21)18(23)22-12-19(10-11-19)15-6-8-16(20)9-7-15;/h2-9,17H,10-12,21H2,1H3,(H,22,23);1H. The monoisotopic (exact) mass is 348 g/mol. The first kappa shape index (κ1) is 18.4. The number of nitrogens with one attached hydrogen (secondary N) is 1. The first-order valence-electron chi connectivity index (χ1n) is 7.86. The van der Waals surface area contributed by atoms with Gasteiger partial charge in [0.1, 0.15) is 11.9 Å². The maximum Gasteiger partial charge on any atom is 0.241 e. The largest absolute Gasteiger partial charge is 0.354 e. The molecule has 3 rings (SSSR count). The molecule has 0 radical (unpaired) electrons. The average molecular weight is 349 g/mol. The third kappa shape index (κ3) is 3.94. The number of nitrogens with two attached hydrogens (primary N) is 1. The van der Waals surface area contributed by atoms with Crippen LogP contribution in [-0.4, -0.2) is 12.5 Å². The normalized spacial score (nSPS) is 16.0. The van der Waals surface area contributed by atoms with Crippen LogP contribution in [0.1, 0.15) is 35.6 Å². The van der Waals surface area contributed by atoms with Crippen molar-refractivity contribution in [3.8, 4) is 0 Å². The van der Waals surface area contributed by atoms with E-state index in [9.17, 15) is 9.18 Å². The van der Waals surface area contributed by atoms with Crippen LogP contribution in [0.4, 0.5) is 4.39 Å². The van der Waals surface area contributed by atoms with Gasteiger partial charge in [-0.2, -0.15) is 0 Å². The molecule has 3 nitrogen and oxygen atoms in total. The number of amides is 1. The van der Waals surface area contributed by atoms with Crippen molar-refractivity contribution in [2.24, 2.45) is 5.73 Å². The third-order valence-corrected chi connectivity index (χ3v) is 4.63. The van der Waals surface area contributed by atoms with Gasteiger partial charge in [-0.3, -0.25) is 4.79 Å². The molecule has 0 heterocycles. The van der Waals surface area contributed by atoms with Crippen molar-refractivity contribution in [3.05, 3.63) is 71.0 Å². The van der Waals surface area contributed by atoms with Crippen LogP contribution in [0.15, 0.2) is 48.5 Å². The fourth-order valence-corrected chi connectivity index (χ4v) is 2.81. The topological polar surface area (TPSA) is 55.1 Å². The first-order chi connectivity index (χ1) is 11.0. The van der Waals surface area contributed by atoms with E-state index in [1.165, 1.54) is 12.1 Å². The van der Waals surface area contributed by atoms with Gasteiger partial charge >= 0.3 is 0 Å². The molecule has 0 saturated heterocycles. The fourth-order valence-electron chi connectivity index (χ4n) is 2.81. The number of rotatable bonds is 5. The van der Waals surface area contributed by atoms with Gasteiger partial charge < -0.3 is 11.1 Å². The van der Waals surface area contributed by atoms with E-state index in [1.54, 1.807) is 12.1 Å². The third-order valence-electron chi connectivity index (χ3n) is 4.63. The molecule has 0 bridgehead atoms. The molecule has 2 aromatic rings. The maximum absolute atomic E-state index is 13.0. The molecule has 1 unspecified atom stereocenters. The smallest absolute Gasteiger partial charge is 0.241 e. The van der Waals surface area contributed by atoms with E-state index in [4.69, 9.17) is 5.73 Å². The lowest BCUT2D eigenvalue weighted by Crippen LogP contribution is -2.38. The van der Waals surface area contributed by atoms with E-state index < -0.39 is 6.04 Å². The molecule has 2 aromatic carbocycles. The van der Waals surface area contributed by atoms with Gasteiger partial charge in [-0.05, 0) is 43.0 Å². The molecule has 1 fully saturated rings. The Bertz CT molecular complexity index is 696. The molecule has 1 amide bonds. The summed E-state index contributed by atoms with van der Waals surface area (Å²) in [6.07, 6.45) is 2.00. The van der Waals surface area contributed by atoms with Gasteiger partial charge in [-0.25, -0.2) is 4.39 Å². The second-order valence-corrected chi connectivity index (χ2v) is 6.39. The highest BCUT2D eigenvalue weighted by Gasteiger charge is 2.44. The summed E-state index contributed by atoms with van der Waals surface area (Å²) in [7, 11) is 0. The van der Waals surface area contributed by atoms with Crippen molar-refractivity contribution in [1.82, 2.24) is 5.32 Å². The van der Waals surface area contributed by atoms with Crippen LogP contribution in [-0.2, 0) is 10.2 Å². The minimum Gasteiger partial charge on any atom is -0.354 e. The second-order valence-electron chi connectivity index (χ2n) is 6.39. The summed E-state index contributed by atoms with van der Waals surface area (Å²) < 4.78 is 13.0. The molecule has 0 aliphatic heterocycles. The molecule has 1 aliphatic rings. The Hall–Kier alpha value is -1.91. The summed E-state index contributed by atoms with van der Waals surface area (Å²) in [6.45, 7) is 2.53. The van der Waals surface area contributed by atoms with Gasteiger partial charge in [-0.1, -0.05) is 42.0 Å². The zero-order chi connectivity index (χ0) is 16.4. The summed E-state index contributed by atoms with van der Waals surface area (Å²) in [5.74, 6) is -0.419. The molecule has 24 heavy (non-hydrogen) atoms. The molecule has 0 spiro atoms. The van der Waals surface area contributed by atoms with E-state index in [1.807, 2.05) is 31.2 Å². The molecule has 128 valence electrons. The SMILES string of the molecule is Cc1ccc(C(N)C(=O)NCC2(c3ccc(F)cc3)CC2)cc1.Cl. The molecule has 5 heteroatoms. The zero-order valence-electron chi connectivity index (χ0n) is 13.6. The van der Waals surface area contributed by atoms with E-state index in [-0.39, 0.29) is 29.5 Å². The summed E-state index contributed by atoms with van der Waals surface area (Å²) in [5, 5.41) is 2.95. The molecule has 1 atom stereocenters. The van der Waals surface area contributed by atoms with E-state index in [0.29, 0.717) is 6.54 Å². The Morgan fingerprint density at radius 3 is 2.29 bits per heavy atom. The fraction of sp³-hybridized carbons (Fsp3) is 0.316. The minimum atomic E-state index is -0.667. The highest BCUT2D eigenvalue weighted by atomic mass is 35.5. The summed E-state index contributed by atoms with van der Waals surface area (Å²) in [6, 6.07) is 13.5. The highest BCUT2D eigenvalue weighted by molar-refractivity contribution is 5.85. The predicted molar refractivity (Wildman–Crippen MR) is 95.7 cm³/mol. The number of benzene rings is 2. The average Bonchev–Trinajstić information content (AvgIpc) is 3.34. The van der Waals surface area contributed by atoms with Crippen LogP contribution in [0.5, 0.6) is 0 Å².